The molecule has 0 amide bonds. The van der Waals surface area contributed by atoms with Gasteiger partial charge in [0.25, 0.3) is 0 Å². The normalized spacial score (nSPS) is 44.4. The number of carbonyl (C=O) groups is 4. The van der Waals surface area contributed by atoms with E-state index in [0.29, 0.717) is 24.8 Å². The van der Waals surface area contributed by atoms with Crippen LogP contribution in [0.1, 0.15) is 66.2 Å². The van der Waals surface area contributed by atoms with Gasteiger partial charge in [0, 0.05) is 16.7 Å². The van der Waals surface area contributed by atoms with Crippen LogP contribution in [0, 0.1) is 22.7 Å². The monoisotopic (exact) mass is 534 g/mol. The van der Waals surface area contributed by atoms with E-state index in [4.69, 9.17) is 19.3 Å². The van der Waals surface area contributed by atoms with E-state index in [1.54, 1.807) is 26.8 Å². The summed E-state index contributed by atoms with van der Waals surface area (Å²) in [7, 11) is 0. The van der Waals surface area contributed by atoms with Crippen LogP contribution in [0.3, 0.4) is 0 Å². The Labute approximate surface area is 220 Å². The molecule has 4 fully saturated rings. The molecular weight excluding hydrogens is 499 g/mol. The third-order valence-electron chi connectivity index (χ3n) is 9.96. The fraction of sp³-hybridized carbons (Fsp3) is 0.714. The summed E-state index contributed by atoms with van der Waals surface area (Å²) < 4.78 is 35.1. The van der Waals surface area contributed by atoms with E-state index in [1.807, 2.05) is 6.92 Å². The summed E-state index contributed by atoms with van der Waals surface area (Å²) in [5, 5.41) is 20.4. The lowest BCUT2D eigenvalue weighted by atomic mass is 9.44. The minimum Gasteiger partial charge on any atom is -0.481 e. The number of esters is 1. The first-order valence-corrected chi connectivity index (χ1v) is 13.2. The highest BCUT2D eigenvalue weighted by atomic mass is 19.1. The molecule has 1 saturated heterocycles. The molecule has 1 heterocycles. The number of ether oxygens (including phenoxy) is 3. The summed E-state index contributed by atoms with van der Waals surface area (Å²) >= 11 is 0. The first-order chi connectivity index (χ1) is 17.6. The molecule has 5 rings (SSSR count). The minimum atomic E-state index is -2.07. The Bertz CT molecular complexity index is 1160. The van der Waals surface area contributed by atoms with Gasteiger partial charge in [-0.3, -0.25) is 19.2 Å². The van der Waals surface area contributed by atoms with Crippen molar-refractivity contribution in [2.45, 2.75) is 95.5 Å². The van der Waals surface area contributed by atoms with Crippen molar-refractivity contribution in [1.29, 1.82) is 0 Å². The van der Waals surface area contributed by atoms with E-state index in [-0.39, 0.29) is 18.6 Å². The molecule has 0 spiro atoms. The summed E-state index contributed by atoms with van der Waals surface area (Å²) in [5.41, 5.74) is -5.20. The number of aliphatic carboxylic acids is 1. The smallest absolute Gasteiger partial charge is 0.306 e. The van der Waals surface area contributed by atoms with Gasteiger partial charge in [-0.1, -0.05) is 18.6 Å². The second-order valence-corrected chi connectivity index (χ2v) is 12.3. The van der Waals surface area contributed by atoms with Crippen LogP contribution < -0.4 is 0 Å². The molecular formula is C28H35FO9. The van der Waals surface area contributed by atoms with Crippen molar-refractivity contribution >= 4 is 23.5 Å². The number of allylic oxidation sites excluding steroid dienone is 4. The molecule has 38 heavy (non-hydrogen) atoms. The van der Waals surface area contributed by atoms with Gasteiger partial charge in [-0.05, 0) is 64.5 Å². The van der Waals surface area contributed by atoms with Crippen molar-refractivity contribution in [3.63, 3.8) is 0 Å². The first-order valence-electron chi connectivity index (χ1n) is 13.2. The molecule has 0 aromatic heterocycles. The quantitative estimate of drug-likeness (QED) is 0.493. The maximum Gasteiger partial charge on any atom is 0.306 e. The molecule has 9 nitrogen and oxygen atoms in total. The van der Waals surface area contributed by atoms with E-state index in [2.05, 4.69) is 0 Å². The molecule has 2 N–H and O–H groups in total. The average molecular weight is 535 g/mol. The molecule has 0 aromatic carbocycles. The predicted molar refractivity (Wildman–Crippen MR) is 129 cm³/mol. The largest absolute Gasteiger partial charge is 0.481 e. The van der Waals surface area contributed by atoms with Crippen LogP contribution in [-0.4, -0.2) is 69.6 Å². The second-order valence-electron chi connectivity index (χ2n) is 12.3. The van der Waals surface area contributed by atoms with Gasteiger partial charge in [0.2, 0.25) is 5.78 Å². The van der Waals surface area contributed by atoms with Gasteiger partial charge < -0.3 is 24.4 Å². The van der Waals surface area contributed by atoms with Crippen molar-refractivity contribution in [3.05, 3.63) is 23.8 Å². The molecule has 0 aromatic rings. The predicted octanol–water partition coefficient (Wildman–Crippen LogP) is 2.83. The number of carbonyl (C=O) groups excluding carboxylic acids is 3. The maximum atomic E-state index is 17.4. The van der Waals surface area contributed by atoms with E-state index < -0.39 is 82.7 Å². The number of carboxylic acids is 1. The van der Waals surface area contributed by atoms with Gasteiger partial charge in [0.1, 0.15) is 0 Å². The second kappa shape index (κ2) is 8.53. The number of fused-ring (bicyclic) bond motifs is 7. The van der Waals surface area contributed by atoms with Crippen molar-refractivity contribution in [3.8, 4) is 0 Å². The third-order valence-corrected chi connectivity index (χ3v) is 9.96. The summed E-state index contributed by atoms with van der Waals surface area (Å²) in [6, 6.07) is 0. The van der Waals surface area contributed by atoms with E-state index in [9.17, 15) is 24.3 Å². The molecule has 208 valence electrons. The number of alkyl halides is 1. The van der Waals surface area contributed by atoms with Crippen LogP contribution in [0.5, 0.6) is 0 Å². The Morgan fingerprint density at radius 1 is 1.16 bits per heavy atom. The number of aliphatic hydroxyl groups excluding tert-OH is 1. The molecule has 0 bridgehead atoms. The summed E-state index contributed by atoms with van der Waals surface area (Å²) in [5.74, 6) is -4.90. The van der Waals surface area contributed by atoms with Gasteiger partial charge in [-0.2, -0.15) is 0 Å². The third kappa shape index (κ3) is 3.52. The van der Waals surface area contributed by atoms with Crippen molar-refractivity contribution in [2.75, 3.05) is 6.61 Å². The highest BCUT2D eigenvalue weighted by Crippen LogP contribution is 2.72. The molecule has 1 unspecified atom stereocenters. The Kier molecular flexibility index (Phi) is 6.10. The average Bonchev–Trinajstić information content (AvgIpc) is 3.23. The first kappa shape index (κ1) is 27.1. The number of rotatable bonds is 6. The Morgan fingerprint density at radius 2 is 1.87 bits per heavy atom. The van der Waals surface area contributed by atoms with Crippen molar-refractivity contribution in [1.82, 2.24) is 0 Å². The van der Waals surface area contributed by atoms with Crippen molar-refractivity contribution < 1.29 is 48.0 Å². The van der Waals surface area contributed by atoms with Gasteiger partial charge >= 0.3 is 11.9 Å². The zero-order chi connectivity index (χ0) is 27.9. The van der Waals surface area contributed by atoms with Crippen LogP contribution in [0.15, 0.2) is 23.8 Å². The fourth-order valence-electron chi connectivity index (χ4n) is 8.34. The lowest BCUT2D eigenvalue weighted by Crippen LogP contribution is -2.70. The molecule has 0 radical (unpaired) electrons. The van der Waals surface area contributed by atoms with Crippen LogP contribution >= 0.6 is 0 Å². The van der Waals surface area contributed by atoms with Crippen molar-refractivity contribution in [2.24, 2.45) is 22.7 Å². The van der Waals surface area contributed by atoms with Gasteiger partial charge in [-0.15, -0.1) is 0 Å². The molecule has 10 heteroatoms. The fourth-order valence-corrected chi connectivity index (χ4v) is 8.34. The highest BCUT2D eigenvalue weighted by Gasteiger charge is 2.80. The summed E-state index contributed by atoms with van der Waals surface area (Å²) in [6.45, 7) is 6.26. The van der Waals surface area contributed by atoms with Gasteiger partial charge in [-0.25, -0.2) is 4.39 Å². The summed E-state index contributed by atoms with van der Waals surface area (Å²) in [6.07, 6.45) is 2.50. The van der Waals surface area contributed by atoms with Crippen LogP contribution in [0.25, 0.3) is 0 Å². The van der Waals surface area contributed by atoms with E-state index in [1.165, 1.54) is 12.2 Å². The van der Waals surface area contributed by atoms with Crippen LogP contribution in [0.4, 0.5) is 4.39 Å². The minimum absolute atomic E-state index is 0.0933. The highest BCUT2D eigenvalue weighted by molar-refractivity contribution is 6.01. The molecule has 1 aliphatic heterocycles. The molecule has 4 aliphatic carbocycles. The number of halogens is 1. The zero-order valence-electron chi connectivity index (χ0n) is 22.1. The van der Waals surface area contributed by atoms with Crippen LogP contribution in [-0.2, 0) is 33.4 Å². The lowest BCUT2D eigenvalue weighted by molar-refractivity contribution is -0.246. The molecule has 8 atom stereocenters. The molecule has 3 saturated carbocycles. The van der Waals surface area contributed by atoms with E-state index >= 15 is 4.39 Å². The lowest BCUT2D eigenvalue weighted by Gasteiger charge is -2.62. The topological polar surface area (TPSA) is 136 Å². The Balaban J connectivity index is 1.50. The number of aliphatic hydroxyl groups is 1. The SMILES string of the molecule is CC1(C)O[C@@H]2C[C@H]3[C@@H]4CCC5=CC(=O)C=C[C@]5(C)C4(F)[C@@H](O)C[C@]3(C)[C@]2(C(=O)COC(=O)CCC(=O)O)O1. The number of carboxylic acid groups (broad SMARTS) is 1. The van der Waals surface area contributed by atoms with Gasteiger partial charge in [0.05, 0.1) is 25.0 Å². The Morgan fingerprint density at radius 3 is 2.55 bits per heavy atom. The number of Topliss-reactive ketones (excluding diaryl/α,β-unsaturated/α-hetero) is 1. The maximum absolute atomic E-state index is 17.4. The van der Waals surface area contributed by atoms with Crippen LogP contribution in [0.2, 0.25) is 0 Å². The summed E-state index contributed by atoms with van der Waals surface area (Å²) in [4.78, 5) is 48.8. The number of ketones is 2. The van der Waals surface area contributed by atoms with E-state index in [0.717, 1.165) is 0 Å². The number of hydrogen-bond acceptors (Lipinski definition) is 8. The zero-order valence-corrected chi connectivity index (χ0v) is 22.1. The standard InChI is InChI=1S/C28H35FO9/c1-24(2)37-21-12-18-17-6-5-15-11-16(30)9-10-25(15,3)27(17,29)19(31)13-26(18,4)28(21,38-24)20(32)14-36-23(35)8-7-22(33)34/h9-11,17-19,21,31H,5-8,12-14H2,1-4H3,(H,33,34)/t17-,18-,19-,21+,25-,26-,27?,28+/m0/s1. The molecule has 5 aliphatic rings. The number of hydrogen-bond donors (Lipinski definition) is 2. The van der Waals surface area contributed by atoms with Gasteiger partial charge in [0.15, 0.2) is 29.4 Å². The Hall–Kier alpha value is -2.43.